The van der Waals surface area contributed by atoms with Crippen molar-refractivity contribution in [1.82, 2.24) is 9.80 Å². The minimum Gasteiger partial charge on any atom is -0.493 e. The van der Waals surface area contributed by atoms with Crippen molar-refractivity contribution in [3.63, 3.8) is 0 Å². The summed E-state index contributed by atoms with van der Waals surface area (Å²) in [5, 5.41) is 9.33. The Morgan fingerprint density at radius 2 is 1.76 bits per heavy atom. The van der Waals surface area contributed by atoms with E-state index in [0.29, 0.717) is 36.4 Å². The Hall–Kier alpha value is -2.67. The van der Waals surface area contributed by atoms with Gasteiger partial charge < -0.3 is 28.7 Å². The highest BCUT2D eigenvalue weighted by Crippen LogP contribution is 2.27. The Balaban J connectivity index is 1.93. The molecule has 2 amide bonds. The zero-order valence-corrected chi connectivity index (χ0v) is 20.7. The first-order valence-electron chi connectivity index (χ1n) is 11.7. The maximum atomic E-state index is 13.3. The summed E-state index contributed by atoms with van der Waals surface area (Å²) < 4.78 is 23.6. The number of carbonyl (C=O) groups is 2. The van der Waals surface area contributed by atoms with Crippen molar-refractivity contribution in [2.24, 2.45) is 5.92 Å². The number of nitrogens with zero attached hydrogens (tertiary/aromatic N) is 3. The average molecular weight is 474 g/mol. The summed E-state index contributed by atoms with van der Waals surface area (Å²) in [6.45, 7) is 2.77. The number of methoxy groups -OCH3 is 2. The van der Waals surface area contributed by atoms with Crippen molar-refractivity contribution in [3.05, 3.63) is 29.3 Å². The monoisotopic (exact) mass is 473 g/mol. The van der Waals surface area contributed by atoms with Crippen molar-refractivity contribution in [2.45, 2.75) is 50.6 Å². The van der Waals surface area contributed by atoms with Gasteiger partial charge in [-0.2, -0.15) is 5.26 Å². The van der Waals surface area contributed by atoms with Gasteiger partial charge in [-0.15, -0.1) is 0 Å². The van der Waals surface area contributed by atoms with Gasteiger partial charge in [0.05, 0.1) is 48.0 Å². The van der Waals surface area contributed by atoms with Gasteiger partial charge in [-0.25, -0.2) is 0 Å². The highest BCUT2D eigenvalue weighted by atomic mass is 16.5. The van der Waals surface area contributed by atoms with Crippen LogP contribution < -0.4 is 4.74 Å². The van der Waals surface area contributed by atoms with Crippen LogP contribution in [-0.2, 0) is 19.0 Å². The number of amides is 2. The first-order chi connectivity index (χ1) is 16.3. The second kappa shape index (κ2) is 11.6. The van der Waals surface area contributed by atoms with E-state index >= 15 is 0 Å². The molecule has 5 atom stereocenters. The lowest BCUT2D eigenvalue weighted by atomic mass is 9.97. The number of benzene rings is 1. The van der Waals surface area contributed by atoms with Gasteiger partial charge in [0.1, 0.15) is 11.9 Å². The molecule has 1 aromatic rings. The molecule has 2 bridgehead atoms. The predicted octanol–water partition coefficient (Wildman–Crippen LogP) is 2.08. The van der Waals surface area contributed by atoms with Crippen molar-refractivity contribution in [2.75, 3.05) is 48.0 Å². The summed E-state index contributed by atoms with van der Waals surface area (Å²) in [6.07, 6.45) is 1.39. The van der Waals surface area contributed by atoms with Gasteiger partial charge in [-0.3, -0.25) is 9.59 Å². The van der Waals surface area contributed by atoms with Gasteiger partial charge in [-0.05, 0) is 31.0 Å². The smallest absolute Gasteiger partial charge is 0.257 e. The maximum Gasteiger partial charge on any atom is 0.257 e. The largest absolute Gasteiger partial charge is 0.493 e. The number of hydrogen-bond donors (Lipinski definition) is 0. The Morgan fingerprint density at radius 3 is 2.44 bits per heavy atom. The van der Waals surface area contributed by atoms with Crippen LogP contribution in [-0.4, -0.2) is 94.0 Å². The highest BCUT2D eigenvalue weighted by molar-refractivity contribution is 5.97. The molecule has 2 aliphatic rings. The van der Waals surface area contributed by atoms with E-state index in [0.717, 1.165) is 12.8 Å². The predicted molar refractivity (Wildman–Crippen MR) is 125 cm³/mol. The highest BCUT2D eigenvalue weighted by Gasteiger charge is 2.35. The summed E-state index contributed by atoms with van der Waals surface area (Å²) in [7, 11) is 6.61. The lowest BCUT2D eigenvalue weighted by molar-refractivity contribution is -0.154. The summed E-state index contributed by atoms with van der Waals surface area (Å²) >= 11 is 0. The Bertz CT molecular complexity index is 916. The molecular formula is C25H35N3O6. The summed E-state index contributed by atoms with van der Waals surface area (Å²) in [4.78, 5) is 29.7. The SMILES string of the molecule is CO[C@@H]1CC[C@H]2CCOc3ccc(C#N)cc3C(=O)N(C)C[C@@H](OC)[C@@H](C)C(=O)N(C)C[C@@H]1O2. The van der Waals surface area contributed by atoms with Gasteiger partial charge >= 0.3 is 0 Å². The Labute approximate surface area is 201 Å². The number of ether oxygens (including phenoxy) is 4. The van der Waals surface area contributed by atoms with E-state index in [1.54, 1.807) is 45.2 Å². The molecular weight excluding hydrogens is 438 g/mol. The Morgan fingerprint density at radius 1 is 1.03 bits per heavy atom. The molecule has 3 rings (SSSR count). The minimum atomic E-state index is -0.515. The summed E-state index contributed by atoms with van der Waals surface area (Å²) in [5.74, 6) is -0.454. The van der Waals surface area contributed by atoms with Crippen LogP contribution in [0.15, 0.2) is 18.2 Å². The van der Waals surface area contributed by atoms with Gasteiger partial charge in [0.2, 0.25) is 5.91 Å². The molecule has 9 nitrogen and oxygen atoms in total. The lowest BCUT2D eigenvalue weighted by Gasteiger charge is -2.38. The third-order valence-corrected chi connectivity index (χ3v) is 6.77. The number of hydrogen-bond acceptors (Lipinski definition) is 7. The van der Waals surface area contributed by atoms with Crippen LogP contribution in [0.4, 0.5) is 0 Å². The van der Waals surface area contributed by atoms with Crippen LogP contribution in [0, 0.1) is 17.2 Å². The van der Waals surface area contributed by atoms with E-state index in [1.807, 2.05) is 0 Å². The normalized spacial score (nSPS) is 29.2. The molecule has 186 valence electrons. The van der Waals surface area contributed by atoms with Crippen LogP contribution in [0.3, 0.4) is 0 Å². The topological polar surface area (TPSA) is 101 Å². The quantitative estimate of drug-likeness (QED) is 0.648. The number of fused-ring (bicyclic) bond motifs is 3. The van der Waals surface area contributed by atoms with Gasteiger partial charge in [0, 0.05) is 47.8 Å². The van der Waals surface area contributed by atoms with Crippen LogP contribution >= 0.6 is 0 Å². The zero-order valence-electron chi connectivity index (χ0n) is 20.7. The first kappa shape index (κ1) is 25.9. The number of carbonyl (C=O) groups excluding carboxylic acids is 2. The molecule has 1 saturated heterocycles. The average Bonchev–Trinajstić information content (AvgIpc) is 2.85. The van der Waals surface area contributed by atoms with Gasteiger partial charge in [0.15, 0.2) is 0 Å². The number of nitriles is 1. The van der Waals surface area contributed by atoms with Gasteiger partial charge in [-0.1, -0.05) is 6.92 Å². The van der Waals surface area contributed by atoms with Crippen LogP contribution in [0.5, 0.6) is 5.75 Å². The third kappa shape index (κ3) is 5.87. The van der Waals surface area contributed by atoms with E-state index in [1.165, 1.54) is 18.1 Å². The maximum absolute atomic E-state index is 13.3. The molecule has 0 aliphatic carbocycles. The second-order valence-electron chi connectivity index (χ2n) is 9.08. The third-order valence-electron chi connectivity index (χ3n) is 6.77. The van der Waals surface area contributed by atoms with Crippen LogP contribution in [0.2, 0.25) is 0 Å². The van der Waals surface area contributed by atoms with Crippen LogP contribution in [0.25, 0.3) is 0 Å². The molecule has 1 aromatic carbocycles. The molecule has 1 fully saturated rings. The summed E-state index contributed by atoms with van der Waals surface area (Å²) in [5.41, 5.74) is 0.678. The molecule has 9 heteroatoms. The molecule has 0 aromatic heterocycles. The lowest BCUT2D eigenvalue weighted by Crippen LogP contribution is -2.50. The molecule has 0 N–H and O–H groups in total. The van der Waals surface area contributed by atoms with Crippen molar-refractivity contribution < 1.29 is 28.5 Å². The summed E-state index contributed by atoms with van der Waals surface area (Å²) in [6, 6.07) is 6.90. The fourth-order valence-corrected chi connectivity index (χ4v) is 4.64. The molecule has 2 heterocycles. The van der Waals surface area contributed by atoms with E-state index < -0.39 is 12.0 Å². The minimum absolute atomic E-state index is 0.0443. The Kier molecular flexibility index (Phi) is 8.89. The molecule has 2 aliphatic heterocycles. The van der Waals surface area contributed by atoms with Crippen molar-refractivity contribution in [3.8, 4) is 11.8 Å². The molecule has 34 heavy (non-hydrogen) atoms. The van der Waals surface area contributed by atoms with Gasteiger partial charge in [0.25, 0.3) is 5.91 Å². The van der Waals surface area contributed by atoms with E-state index in [-0.39, 0.29) is 36.7 Å². The molecule has 0 spiro atoms. The second-order valence-corrected chi connectivity index (χ2v) is 9.08. The zero-order chi connectivity index (χ0) is 24.8. The first-order valence-corrected chi connectivity index (χ1v) is 11.7. The number of rotatable bonds is 2. The van der Waals surface area contributed by atoms with E-state index in [4.69, 9.17) is 18.9 Å². The fourth-order valence-electron chi connectivity index (χ4n) is 4.64. The fraction of sp³-hybridized carbons (Fsp3) is 0.640. The standard InChI is InChI=1S/C25H35N3O6/c1-16-22(32-5)14-28(3)25(30)19-12-17(13-26)6-8-20(19)33-11-10-18-7-9-21(31-4)23(34-18)15-27(2)24(16)29/h6,8,12,16,18,21-23H,7,9-11,14-15H2,1-5H3/t16-,18+,21-,22-,23+/m1/s1. The molecule has 0 unspecified atom stereocenters. The van der Waals surface area contributed by atoms with E-state index in [2.05, 4.69) is 6.07 Å². The van der Waals surface area contributed by atoms with Crippen molar-refractivity contribution >= 4 is 11.8 Å². The molecule has 0 radical (unpaired) electrons. The molecule has 0 saturated carbocycles. The van der Waals surface area contributed by atoms with Crippen molar-refractivity contribution in [1.29, 1.82) is 5.26 Å². The number of likely N-dealkylation sites (N-methyl/N-ethyl adjacent to an activating group) is 2. The van der Waals surface area contributed by atoms with Crippen LogP contribution in [0.1, 0.15) is 42.1 Å². The van der Waals surface area contributed by atoms with E-state index in [9.17, 15) is 14.9 Å².